The van der Waals surface area contributed by atoms with E-state index in [0.717, 1.165) is 16.2 Å². The zero-order chi connectivity index (χ0) is 13.8. The maximum Gasteiger partial charge on any atom is 0.0603 e. The van der Waals surface area contributed by atoms with E-state index in [9.17, 15) is 0 Å². The van der Waals surface area contributed by atoms with Gasteiger partial charge in [0.15, 0.2) is 0 Å². The van der Waals surface area contributed by atoms with E-state index in [0.29, 0.717) is 10.0 Å². The molecule has 0 saturated carbocycles. The first-order valence-electron chi connectivity index (χ1n) is 6.08. The Balaban J connectivity index is 2.12. The van der Waals surface area contributed by atoms with Crippen molar-refractivity contribution in [3.8, 4) is 0 Å². The highest BCUT2D eigenvalue weighted by Crippen LogP contribution is 2.32. The van der Waals surface area contributed by atoms with Crippen LogP contribution in [-0.4, -0.2) is 0 Å². The van der Waals surface area contributed by atoms with Crippen LogP contribution in [0.2, 0.25) is 10.0 Å². The van der Waals surface area contributed by atoms with Crippen LogP contribution in [0.25, 0.3) is 0 Å². The molecule has 2 aromatic carbocycles. The summed E-state index contributed by atoms with van der Waals surface area (Å²) in [5, 5.41) is 1.16. The summed E-state index contributed by atoms with van der Waals surface area (Å²) in [6.45, 7) is 2.09. The Morgan fingerprint density at radius 1 is 1.00 bits per heavy atom. The highest BCUT2D eigenvalue weighted by molar-refractivity contribution is 7.99. The molecule has 2 aromatic rings. The van der Waals surface area contributed by atoms with Gasteiger partial charge in [-0.1, -0.05) is 54.0 Å². The summed E-state index contributed by atoms with van der Waals surface area (Å²) in [5.74, 6) is 0. The molecule has 0 saturated heterocycles. The highest BCUT2D eigenvalue weighted by atomic mass is 35.5. The summed E-state index contributed by atoms with van der Waals surface area (Å²) < 4.78 is 0. The number of hydrogen-bond acceptors (Lipinski definition) is 2. The first kappa shape index (κ1) is 14.7. The first-order chi connectivity index (χ1) is 9.10. The molecule has 2 N–H and O–H groups in total. The Bertz CT molecular complexity index is 555. The molecule has 0 unspecified atom stereocenters. The molecule has 0 bridgehead atoms. The molecule has 0 aliphatic carbocycles. The minimum absolute atomic E-state index is 0.115. The molecule has 0 aliphatic heterocycles. The third-order valence-electron chi connectivity index (χ3n) is 2.87. The van der Waals surface area contributed by atoms with Crippen LogP contribution >= 0.6 is 35.0 Å². The van der Waals surface area contributed by atoms with Crippen LogP contribution in [-0.2, 0) is 0 Å². The van der Waals surface area contributed by atoms with Gasteiger partial charge >= 0.3 is 0 Å². The van der Waals surface area contributed by atoms with Gasteiger partial charge in [-0.15, -0.1) is 0 Å². The summed E-state index contributed by atoms with van der Waals surface area (Å²) in [6, 6.07) is 14.1. The second-order valence-electron chi connectivity index (χ2n) is 4.26. The summed E-state index contributed by atoms with van der Waals surface area (Å²) in [5.41, 5.74) is 7.16. The van der Waals surface area contributed by atoms with Crippen LogP contribution in [0, 0.1) is 0 Å². The summed E-state index contributed by atoms with van der Waals surface area (Å²) >= 11 is 13.6. The van der Waals surface area contributed by atoms with Crippen molar-refractivity contribution in [2.75, 3.05) is 0 Å². The van der Waals surface area contributed by atoms with Crippen LogP contribution in [0.5, 0.6) is 0 Å². The Labute approximate surface area is 128 Å². The van der Waals surface area contributed by atoms with Crippen LogP contribution in [0.1, 0.15) is 24.9 Å². The molecule has 0 spiro atoms. The Morgan fingerprint density at radius 2 is 1.63 bits per heavy atom. The number of halogens is 2. The lowest BCUT2D eigenvalue weighted by Crippen LogP contribution is -2.07. The van der Waals surface area contributed by atoms with Crippen molar-refractivity contribution in [2.24, 2.45) is 5.73 Å². The van der Waals surface area contributed by atoms with Gasteiger partial charge in [0, 0.05) is 15.8 Å². The first-order valence-corrected chi connectivity index (χ1v) is 7.66. The molecule has 2 rings (SSSR count). The van der Waals surface area contributed by atoms with E-state index in [2.05, 4.69) is 31.2 Å². The van der Waals surface area contributed by atoms with E-state index in [1.54, 1.807) is 11.8 Å². The van der Waals surface area contributed by atoms with Gasteiger partial charge in [-0.25, -0.2) is 0 Å². The van der Waals surface area contributed by atoms with Gasteiger partial charge < -0.3 is 5.73 Å². The Morgan fingerprint density at radius 3 is 2.21 bits per heavy atom. The number of nitrogens with two attached hydrogens (primary N) is 1. The maximum absolute atomic E-state index is 6.00. The predicted molar refractivity (Wildman–Crippen MR) is 84.2 cm³/mol. The topological polar surface area (TPSA) is 26.0 Å². The molecular formula is C15H15Cl2NS. The van der Waals surface area contributed by atoms with E-state index in [4.69, 9.17) is 28.9 Å². The SMILES string of the molecule is CC[C@@H](N)c1ccc(Sc2ccc(Cl)c(Cl)c2)cc1. The van der Waals surface area contributed by atoms with Gasteiger partial charge in [0.05, 0.1) is 10.0 Å². The Kier molecular flexibility index (Phi) is 5.17. The smallest absolute Gasteiger partial charge is 0.0603 e. The molecule has 0 aromatic heterocycles. The van der Waals surface area contributed by atoms with Gasteiger partial charge in [0.25, 0.3) is 0 Å². The molecule has 100 valence electrons. The van der Waals surface area contributed by atoms with E-state index in [-0.39, 0.29) is 6.04 Å². The monoisotopic (exact) mass is 311 g/mol. The van der Waals surface area contributed by atoms with E-state index in [1.807, 2.05) is 18.2 Å². The zero-order valence-corrected chi connectivity index (χ0v) is 12.9. The predicted octanol–water partition coefficient (Wildman–Crippen LogP) is 5.55. The van der Waals surface area contributed by atoms with E-state index >= 15 is 0 Å². The van der Waals surface area contributed by atoms with E-state index < -0.39 is 0 Å². The number of hydrogen-bond donors (Lipinski definition) is 1. The summed E-state index contributed by atoms with van der Waals surface area (Å²) in [6.07, 6.45) is 0.944. The average Bonchev–Trinajstić information content (AvgIpc) is 2.43. The van der Waals surface area contributed by atoms with Crippen LogP contribution in [0.15, 0.2) is 52.3 Å². The fraction of sp³-hybridized carbons (Fsp3) is 0.200. The fourth-order valence-electron chi connectivity index (χ4n) is 1.70. The maximum atomic E-state index is 6.00. The van der Waals surface area contributed by atoms with Gasteiger partial charge in [-0.2, -0.15) is 0 Å². The molecule has 19 heavy (non-hydrogen) atoms. The van der Waals surface area contributed by atoms with E-state index in [1.165, 1.54) is 5.56 Å². The van der Waals surface area contributed by atoms with Gasteiger partial charge in [-0.05, 0) is 42.3 Å². The minimum Gasteiger partial charge on any atom is -0.324 e. The second kappa shape index (κ2) is 6.67. The van der Waals surface area contributed by atoms with Crippen LogP contribution in [0.3, 0.4) is 0 Å². The fourth-order valence-corrected chi connectivity index (χ4v) is 2.92. The standard InChI is InChI=1S/C15H15Cl2NS/c1-2-15(18)10-3-5-11(6-4-10)19-12-7-8-13(16)14(17)9-12/h3-9,15H,2,18H2,1H3/t15-/m1/s1. The lowest BCUT2D eigenvalue weighted by molar-refractivity contribution is 0.698. The molecule has 4 heteroatoms. The third-order valence-corrected chi connectivity index (χ3v) is 4.61. The molecule has 0 aliphatic rings. The second-order valence-corrected chi connectivity index (χ2v) is 6.22. The highest BCUT2D eigenvalue weighted by Gasteiger charge is 2.05. The van der Waals surface area contributed by atoms with Gasteiger partial charge in [0.1, 0.15) is 0 Å². The summed E-state index contributed by atoms with van der Waals surface area (Å²) in [7, 11) is 0. The molecule has 0 fully saturated rings. The Hall–Kier alpha value is -0.670. The van der Waals surface area contributed by atoms with Crippen molar-refractivity contribution in [3.05, 3.63) is 58.1 Å². The summed E-state index contributed by atoms with van der Waals surface area (Å²) in [4.78, 5) is 2.23. The molecule has 0 radical (unpaired) electrons. The minimum atomic E-state index is 0.115. The lowest BCUT2D eigenvalue weighted by Gasteiger charge is -2.10. The van der Waals surface area contributed by atoms with Crippen molar-refractivity contribution in [3.63, 3.8) is 0 Å². The van der Waals surface area contributed by atoms with Crippen LogP contribution < -0.4 is 5.73 Å². The zero-order valence-electron chi connectivity index (χ0n) is 10.6. The van der Waals surface area contributed by atoms with Crippen molar-refractivity contribution in [1.82, 2.24) is 0 Å². The molecule has 0 heterocycles. The molecule has 1 nitrogen and oxygen atoms in total. The van der Waals surface area contributed by atoms with Crippen molar-refractivity contribution < 1.29 is 0 Å². The van der Waals surface area contributed by atoms with Gasteiger partial charge in [-0.3, -0.25) is 0 Å². The average molecular weight is 312 g/mol. The third kappa shape index (κ3) is 3.90. The van der Waals surface area contributed by atoms with Gasteiger partial charge in [0.2, 0.25) is 0 Å². The molecular weight excluding hydrogens is 297 g/mol. The normalized spacial score (nSPS) is 12.4. The van der Waals surface area contributed by atoms with Crippen molar-refractivity contribution in [1.29, 1.82) is 0 Å². The largest absolute Gasteiger partial charge is 0.324 e. The lowest BCUT2D eigenvalue weighted by atomic mass is 10.1. The molecule has 0 amide bonds. The van der Waals surface area contributed by atoms with Crippen LogP contribution in [0.4, 0.5) is 0 Å². The number of benzene rings is 2. The van der Waals surface area contributed by atoms with Crippen molar-refractivity contribution in [2.45, 2.75) is 29.2 Å². The number of rotatable bonds is 4. The van der Waals surface area contributed by atoms with Crippen molar-refractivity contribution >= 4 is 35.0 Å². The molecule has 1 atom stereocenters. The quantitative estimate of drug-likeness (QED) is 0.800.